The Bertz CT molecular complexity index is 429. The van der Waals surface area contributed by atoms with Gasteiger partial charge in [-0.3, -0.25) is 0 Å². The highest BCUT2D eigenvalue weighted by atomic mass is 16.7. The third kappa shape index (κ3) is 44.6. The van der Waals surface area contributed by atoms with Crippen molar-refractivity contribution < 1.29 is 14.2 Å². The van der Waals surface area contributed by atoms with Crippen molar-refractivity contribution in [1.82, 2.24) is 0 Å². The van der Waals surface area contributed by atoms with Gasteiger partial charge in [-0.2, -0.15) is 0 Å². The molecule has 3 nitrogen and oxygen atoms in total. The zero-order valence-corrected chi connectivity index (χ0v) is 27.3. The van der Waals surface area contributed by atoms with E-state index in [-0.39, 0.29) is 0 Å². The molecule has 39 heavy (non-hydrogen) atoms. The highest BCUT2D eigenvalue weighted by molar-refractivity contribution is 4.81. The van der Waals surface area contributed by atoms with Crippen molar-refractivity contribution in [3.05, 3.63) is 24.3 Å². The van der Waals surface area contributed by atoms with Crippen molar-refractivity contribution in [1.29, 1.82) is 0 Å². The molecule has 0 aromatic carbocycles. The molecule has 0 N–H and O–H groups in total. The molecule has 0 spiro atoms. The van der Waals surface area contributed by atoms with Gasteiger partial charge in [-0.05, 0) is 51.4 Å². The smallest absolute Gasteiger partial charge is 0.149 e. The second-order valence-corrected chi connectivity index (χ2v) is 11.0. The van der Waals surface area contributed by atoms with E-state index in [9.17, 15) is 0 Å². The Kier molecular flexibility index (Phi) is 43.4. The molecule has 0 aromatic heterocycles. The molecule has 0 saturated heterocycles. The van der Waals surface area contributed by atoms with Crippen LogP contribution in [-0.4, -0.2) is 26.8 Å². The van der Waals surface area contributed by atoms with Crippen LogP contribution in [0.4, 0.5) is 0 Å². The summed E-state index contributed by atoms with van der Waals surface area (Å²) in [5.74, 6) is 0. The molecule has 0 heterocycles. The summed E-state index contributed by atoms with van der Waals surface area (Å²) in [4.78, 5) is 0. The SMILES string of the molecule is CC/C=C/CCCCCCCC/C=C\CCCC.CCCCCCCCOCOCOCCCCCCCC. The molecular formula is C36H72O3. The predicted octanol–water partition coefficient (Wildman–Crippen LogP) is 12.5. The molecule has 0 radical (unpaired) electrons. The van der Waals surface area contributed by atoms with Crippen LogP contribution in [-0.2, 0) is 14.2 Å². The van der Waals surface area contributed by atoms with E-state index in [1.54, 1.807) is 0 Å². The van der Waals surface area contributed by atoms with Gasteiger partial charge in [0.25, 0.3) is 0 Å². The third-order valence-electron chi connectivity index (χ3n) is 6.90. The number of rotatable bonds is 31. The Balaban J connectivity index is 0. The summed E-state index contributed by atoms with van der Waals surface area (Å²) >= 11 is 0. The highest BCUT2D eigenvalue weighted by Gasteiger charge is 1.94. The molecule has 0 rings (SSSR count). The van der Waals surface area contributed by atoms with Crippen molar-refractivity contribution in [2.75, 3.05) is 26.8 Å². The minimum atomic E-state index is 0.367. The lowest BCUT2D eigenvalue weighted by atomic mass is 10.1. The lowest BCUT2D eigenvalue weighted by Crippen LogP contribution is -2.06. The van der Waals surface area contributed by atoms with E-state index in [0.29, 0.717) is 13.6 Å². The van der Waals surface area contributed by atoms with Crippen LogP contribution in [0.15, 0.2) is 24.3 Å². The molecule has 0 unspecified atom stereocenters. The monoisotopic (exact) mass is 553 g/mol. The van der Waals surface area contributed by atoms with Gasteiger partial charge >= 0.3 is 0 Å². The molecule has 0 amide bonds. The Morgan fingerprint density at radius 3 is 1.13 bits per heavy atom. The van der Waals surface area contributed by atoms with E-state index >= 15 is 0 Å². The first kappa shape index (κ1) is 40.5. The fourth-order valence-corrected chi connectivity index (χ4v) is 4.31. The summed E-state index contributed by atoms with van der Waals surface area (Å²) in [6.45, 7) is 11.3. The normalized spacial score (nSPS) is 11.5. The first-order chi connectivity index (χ1) is 19.3. The van der Waals surface area contributed by atoms with Crippen molar-refractivity contribution in [3.8, 4) is 0 Å². The number of allylic oxidation sites excluding steroid dienone is 4. The van der Waals surface area contributed by atoms with Crippen molar-refractivity contribution in [2.24, 2.45) is 0 Å². The summed E-state index contributed by atoms with van der Waals surface area (Å²) < 4.78 is 16.1. The van der Waals surface area contributed by atoms with Gasteiger partial charge in [-0.1, -0.05) is 155 Å². The molecule has 3 heteroatoms. The van der Waals surface area contributed by atoms with Crippen LogP contribution in [0.5, 0.6) is 0 Å². The van der Waals surface area contributed by atoms with Gasteiger partial charge in [-0.25, -0.2) is 0 Å². The summed E-state index contributed by atoms with van der Waals surface area (Å²) in [5, 5.41) is 0. The fourth-order valence-electron chi connectivity index (χ4n) is 4.31. The second kappa shape index (κ2) is 41.8. The van der Waals surface area contributed by atoms with Crippen LogP contribution in [0.3, 0.4) is 0 Å². The number of unbranched alkanes of at least 4 members (excludes halogenated alkanes) is 19. The molecule has 0 aliphatic carbocycles. The van der Waals surface area contributed by atoms with E-state index in [1.807, 2.05) is 0 Å². The summed E-state index contributed by atoms with van der Waals surface area (Å²) in [6.07, 6.45) is 41.1. The highest BCUT2D eigenvalue weighted by Crippen LogP contribution is 2.10. The van der Waals surface area contributed by atoms with Gasteiger partial charge in [0.1, 0.15) is 13.6 Å². The van der Waals surface area contributed by atoms with E-state index in [4.69, 9.17) is 14.2 Å². The maximum atomic E-state index is 5.41. The largest absolute Gasteiger partial charge is 0.355 e. The number of hydrogen-bond acceptors (Lipinski definition) is 3. The molecular weight excluding hydrogens is 480 g/mol. The van der Waals surface area contributed by atoms with E-state index < -0.39 is 0 Å². The zero-order chi connectivity index (χ0) is 28.7. The fraction of sp³-hybridized carbons (Fsp3) is 0.889. The minimum Gasteiger partial charge on any atom is -0.355 e. The van der Waals surface area contributed by atoms with Crippen molar-refractivity contribution in [2.45, 2.75) is 182 Å². The summed E-state index contributed by atoms with van der Waals surface area (Å²) in [7, 11) is 0. The van der Waals surface area contributed by atoms with Gasteiger partial charge in [-0.15, -0.1) is 0 Å². The maximum Gasteiger partial charge on any atom is 0.149 e. The summed E-state index contributed by atoms with van der Waals surface area (Å²) in [5.41, 5.74) is 0. The molecule has 0 aliphatic rings. The minimum absolute atomic E-state index is 0.367. The molecule has 0 aromatic rings. The molecule has 0 bridgehead atoms. The standard InChI is InChI=1S/C18H38O3.C18H34/c1-3-5-7-9-11-13-15-19-17-21-18-20-16-14-12-10-8-6-4-2;1-3-5-7-9-11-13-15-17-18-16-14-12-10-8-6-4-2/h3-18H2,1-2H3;5,7,10,12H,3-4,6,8-9,11,13-18H2,1-2H3/b;7-5+,12-10-. The van der Waals surface area contributed by atoms with Gasteiger partial charge in [0.15, 0.2) is 0 Å². The molecule has 0 atom stereocenters. The van der Waals surface area contributed by atoms with Gasteiger partial charge in [0.05, 0.1) is 0 Å². The Labute approximate surface area is 246 Å². The van der Waals surface area contributed by atoms with E-state index in [1.165, 1.54) is 141 Å². The number of hydrogen-bond donors (Lipinski definition) is 0. The Morgan fingerprint density at radius 2 is 0.692 bits per heavy atom. The Hall–Kier alpha value is -0.640. The van der Waals surface area contributed by atoms with Crippen LogP contribution in [0, 0.1) is 0 Å². The van der Waals surface area contributed by atoms with Crippen LogP contribution < -0.4 is 0 Å². The first-order valence-electron chi connectivity index (χ1n) is 17.4. The van der Waals surface area contributed by atoms with Gasteiger partial charge < -0.3 is 14.2 Å². The van der Waals surface area contributed by atoms with Gasteiger partial charge in [0, 0.05) is 13.2 Å². The lowest BCUT2D eigenvalue weighted by molar-refractivity contribution is -0.131. The molecule has 0 aliphatic heterocycles. The van der Waals surface area contributed by atoms with Crippen LogP contribution in [0.25, 0.3) is 0 Å². The van der Waals surface area contributed by atoms with Crippen LogP contribution >= 0.6 is 0 Å². The van der Waals surface area contributed by atoms with Crippen molar-refractivity contribution in [3.63, 3.8) is 0 Å². The first-order valence-corrected chi connectivity index (χ1v) is 17.4. The maximum absolute atomic E-state index is 5.41. The van der Waals surface area contributed by atoms with Crippen LogP contribution in [0.2, 0.25) is 0 Å². The lowest BCUT2D eigenvalue weighted by Gasteiger charge is -2.07. The van der Waals surface area contributed by atoms with E-state index in [0.717, 1.165) is 26.1 Å². The number of ether oxygens (including phenoxy) is 3. The van der Waals surface area contributed by atoms with Crippen LogP contribution in [0.1, 0.15) is 182 Å². The Morgan fingerprint density at radius 1 is 0.333 bits per heavy atom. The molecule has 234 valence electrons. The second-order valence-electron chi connectivity index (χ2n) is 11.0. The average molecular weight is 553 g/mol. The van der Waals surface area contributed by atoms with E-state index in [2.05, 4.69) is 52.0 Å². The predicted molar refractivity (Wildman–Crippen MR) is 175 cm³/mol. The molecule has 0 saturated carbocycles. The zero-order valence-electron chi connectivity index (χ0n) is 27.3. The third-order valence-corrected chi connectivity index (χ3v) is 6.90. The topological polar surface area (TPSA) is 27.7 Å². The van der Waals surface area contributed by atoms with Gasteiger partial charge in [0.2, 0.25) is 0 Å². The quantitative estimate of drug-likeness (QED) is 0.0486. The molecule has 0 fully saturated rings. The summed E-state index contributed by atoms with van der Waals surface area (Å²) in [6, 6.07) is 0. The van der Waals surface area contributed by atoms with Crippen molar-refractivity contribution >= 4 is 0 Å². The average Bonchev–Trinajstić information content (AvgIpc) is 2.95.